The maximum atomic E-state index is 5.64. The minimum atomic E-state index is 0.249. The highest BCUT2D eigenvalue weighted by Crippen LogP contribution is 2.16. The summed E-state index contributed by atoms with van der Waals surface area (Å²) in [5, 5.41) is 6.94. The molecular formula is C22H40N6O. The van der Waals surface area contributed by atoms with Gasteiger partial charge in [0.1, 0.15) is 5.82 Å². The van der Waals surface area contributed by atoms with Crippen molar-refractivity contribution in [3.05, 3.63) is 23.9 Å². The van der Waals surface area contributed by atoms with Gasteiger partial charge in [-0.05, 0) is 64.0 Å². The average molecular weight is 405 g/mol. The maximum absolute atomic E-state index is 5.64. The number of hydrogen-bond donors (Lipinski definition) is 2. The summed E-state index contributed by atoms with van der Waals surface area (Å²) in [5.74, 6) is 1.87. The van der Waals surface area contributed by atoms with Crippen molar-refractivity contribution in [1.82, 2.24) is 20.5 Å². The molecule has 1 saturated heterocycles. The Labute approximate surface area is 176 Å². The molecule has 1 aliphatic rings. The van der Waals surface area contributed by atoms with Crippen LogP contribution in [0.2, 0.25) is 0 Å². The molecule has 1 aliphatic heterocycles. The van der Waals surface area contributed by atoms with Crippen LogP contribution in [0.4, 0.5) is 5.82 Å². The number of aromatic nitrogens is 1. The quantitative estimate of drug-likeness (QED) is 0.461. The summed E-state index contributed by atoms with van der Waals surface area (Å²) in [7, 11) is 1.82. The fraction of sp³-hybridized carbons (Fsp3) is 0.727. The maximum Gasteiger partial charge on any atom is 0.191 e. The molecule has 0 saturated carbocycles. The molecule has 29 heavy (non-hydrogen) atoms. The van der Waals surface area contributed by atoms with Gasteiger partial charge in [-0.2, -0.15) is 0 Å². The number of nitrogens with zero attached hydrogens (tertiary/aromatic N) is 4. The average Bonchev–Trinajstić information content (AvgIpc) is 2.74. The van der Waals surface area contributed by atoms with Crippen LogP contribution in [0.15, 0.2) is 23.3 Å². The van der Waals surface area contributed by atoms with Crippen LogP contribution in [-0.2, 0) is 11.3 Å². The molecule has 0 radical (unpaired) electrons. The fourth-order valence-corrected chi connectivity index (χ4v) is 3.62. The fourth-order valence-electron chi connectivity index (χ4n) is 3.62. The number of hydrogen-bond acceptors (Lipinski definition) is 5. The highest BCUT2D eigenvalue weighted by molar-refractivity contribution is 5.79. The van der Waals surface area contributed by atoms with Crippen molar-refractivity contribution >= 4 is 11.8 Å². The van der Waals surface area contributed by atoms with E-state index in [-0.39, 0.29) is 6.10 Å². The first-order valence-corrected chi connectivity index (χ1v) is 11.1. The van der Waals surface area contributed by atoms with Gasteiger partial charge in [-0.3, -0.25) is 4.99 Å². The largest absolute Gasteiger partial charge is 0.375 e. The Morgan fingerprint density at radius 1 is 1.41 bits per heavy atom. The van der Waals surface area contributed by atoms with Crippen molar-refractivity contribution < 1.29 is 4.74 Å². The Bertz CT molecular complexity index is 619. The zero-order valence-electron chi connectivity index (χ0n) is 18.9. The molecule has 0 bridgehead atoms. The molecule has 1 aromatic heterocycles. The molecule has 2 heterocycles. The molecule has 7 nitrogen and oxygen atoms in total. The normalized spacial score (nSPS) is 18.8. The summed E-state index contributed by atoms with van der Waals surface area (Å²) in [6.45, 7) is 15.4. The van der Waals surface area contributed by atoms with Gasteiger partial charge in [0.25, 0.3) is 0 Å². The van der Waals surface area contributed by atoms with Gasteiger partial charge in [0, 0.05) is 38.9 Å². The van der Waals surface area contributed by atoms with Crippen molar-refractivity contribution in [3.8, 4) is 0 Å². The van der Waals surface area contributed by atoms with E-state index in [9.17, 15) is 0 Å². The first-order valence-electron chi connectivity index (χ1n) is 11.1. The zero-order chi connectivity index (χ0) is 21.1. The highest BCUT2D eigenvalue weighted by atomic mass is 16.5. The van der Waals surface area contributed by atoms with Crippen LogP contribution >= 0.6 is 0 Å². The van der Waals surface area contributed by atoms with Gasteiger partial charge >= 0.3 is 0 Å². The van der Waals surface area contributed by atoms with E-state index in [2.05, 4.69) is 70.2 Å². The van der Waals surface area contributed by atoms with Gasteiger partial charge in [-0.15, -0.1) is 0 Å². The number of ether oxygens (including phenoxy) is 1. The SMILES string of the molecule is CCN(CC)CCCC(C)NC(=NC)NCc1ccnc(N2CCOC(C)C2)c1. The Morgan fingerprint density at radius 2 is 2.21 bits per heavy atom. The van der Waals surface area contributed by atoms with Gasteiger partial charge in [-0.1, -0.05) is 13.8 Å². The number of anilines is 1. The summed E-state index contributed by atoms with van der Waals surface area (Å²) in [6, 6.07) is 4.60. The van der Waals surface area contributed by atoms with Gasteiger partial charge in [0.2, 0.25) is 0 Å². The first-order chi connectivity index (χ1) is 14.0. The molecule has 0 aromatic carbocycles. The number of guanidine groups is 1. The summed E-state index contributed by atoms with van der Waals surface area (Å²) < 4.78 is 5.64. The van der Waals surface area contributed by atoms with Crippen LogP contribution in [0.25, 0.3) is 0 Å². The number of morpholine rings is 1. The second-order valence-electron chi connectivity index (χ2n) is 7.79. The number of nitrogens with one attached hydrogen (secondary N) is 2. The van der Waals surface area contributed by atoms with Crippen molar-refractivity contribution in [2.75, 3.05) is 51.3 Å². The molecule has 2 N–H and O–H groups in total. The van der Waals surface area contributed by atoms with Crippen molar-refractivity contribution in [1.29, 1.82) is 0 Å². The standard InChI is InChI=1S/C22H40N6O/c1-6-27(7-2)12-8-9-18(3)26-22(23-5)25-16-20-10-11-24-21(15-20)28-13-14-29-19(4)17-28/h10-11,15,18-19H,6-9,12-14,16-17H2,1-5H3,(H2,23,25,26). The highest BCUT2D eigenvalue weighted by Gasteiger charge is 2.18. The zero-order valence-corrected chi connectivity index (χ0v) is 18.9. The van der Waals surface area contributed by atoms with Crippen molar-refractivity contribution in [2.45, 2.75) is 59.2 Å². The molecule has 2 rings (SSSR count). The van der Waals surface area contributed by atoms with Gasteiger partial charge in [-0.25, -0.2) is 4.98 Å². The third-order valence-electron chi connectivity index (χ3n) is 5.45. The lowest BCUT2D eigenvalue weighted by molar-refractivity contribution is 0.0529. The second-order valence-corrected chi connectivity index (χ2v) is 7.79. The van der Waals surface area contributed by atoms with Crippen LogP contribution in [0.3, 0.4) is 0 Å². The number of aliphatic imine (C=N–C) groups is 1. The predicted octanol–water partition coefficient (Wildman–Crippen LogP) is 2.48. The van der Waals surface area contributed by atoms with E-state index in [0.29, 0.717) is 6.04 Å². The molecule has 2 atom stereocenters. The van der Waals surface area contributed by atoms with E-state index in [0.717, 1.165) is 64.1 Å². The summed E-state index contributed by atoms with van der Waals surface area (Å²) in [6.07, 6.45) is 4.46. The Balaban J connectivity index is 1.79. The van der Waals surface area contributed by atoms with E-state index in [1.807, 2.05) is 13.2 Å². The third-order valence-corrected chi connectivity index (χ3v) is 5.45. The summed E-state index contributed by atoms with van der Waals surface area (Å²) in [5.41, 5.74) is 1.20. The molecule has 2 unspecified atom stereocenters. The van der Waals surface area contributed by atoms with Gasteiger partial charge < -0.3 is 25.2 Å². The van der Waals surface area contributed by atoms with Crippen molar-refractivity contribution in [2.24, 2.45) is 4.99 Å². The van der Waals surface area contributed by atoms with E-state index in [1.54, 1.807) is 0 Å². The number of rotatable bonds is 10. The van der Waals surface area contributed by atoms with Crippen LogP contribution in [0, 0.1) is 0 Å². The topological polar surface area (TPSA) is 65.0 Å². The molecule has 1 fully saturated rings. The predicted molar refractivity (Wildman–Crippen MR) is 122 cm³/mol. The summed E-state index contributed by atoms with van der Waals surface area (Å²) >= 11 is 0. The van der Waals surface area contributed by atoms with E-state index in [1.165, 1.54) is 12.0 Å². The summed E-state index contributed by atoms with van der Waals surface area (Å²) in [4.78, 5) is 13.7. The molecule has 0 amide bonds. The molecule has 0 aliphatic carbocycles. The van der Waals surface area contributed by atoms with Crippen LogP contribution < -0.4 is 15.5 Å². The minimum Gasteiger partial charge on any atom is -0.375 e. The first kappa shape index (κ1) is 23.4. The van der Waals surface area contributed by atoms with Crippen LogP contribution in [0.1, 0.15) is 46.1 Å². The molecular weight excluding hydrogens is 364 g/mol. The Kier molecular flexibility index (Phi) is 10.2. The lowest BCUT2D eigenvalue weighted by atomic mass is 10.2. The third kappa shape index (κ3) is 8.19. The van der Waals surface area contributed by atoms with Gasteiger partial charge in [0.15, 0.2) is 5.96 Å². The van der Waals surface area contributed by atoms with Crippen molar-refractivity contribution in [3.63, 3.8) is 0 Å². The van der Waals surface area contributed by atoms with E-state index in [4.69, 9.17) is 4.74 Å². The monoisotopic (exact) mass is 404 g/mol. The molecule has 0 spiro atoms. The van der Waals surface area contributed by atoms with Crippen LogP contribution in [-0.4, -0.2) is 74.4 Å². The van der Waals surface area contributed by atoms with E-state index < -0.39 is 0 Å². The van der Waals surface area contributed by atoms with Gasteiger partial charge in [0.05, 0.1) is 12.7 Å². The Morgan fingerprint density at radius 3 is 2.90 bits per heavy atom. The lowest BCUT2D eigenvalue weighted by Gasteiger charge is -2.32. The molecule has 164 valence electrons. The molecule has 1 aromatic rings. The lowest BCUT2D eigenvalue weighted by Crippen LogP contribution is -2.42. The smallest absolute Gasteiger partial charge is 0.191 e. The minimum absolute atomic E-state index is 0.249. The Hall–Kier alpha value is -1.86. The van der Waals surface area contributed by atoms with Crippen LogP contribution in [0.5, 0.6) is 0 Å². The number of pyridine rings is 1. The molecule has 7 heteroatoms. The second kappa shape index (κ2) is 12.6. The van der Waals surface area contributed by atoms with E-state index >= 15 is 0 Å².